The van der Waals surface area contributed by atoms with Gasteiger partial charge in [0.15, 0.2) is 0 Å². The SMILES string of the molecule is C[Si](Cl)(Cl)Oc1ccccc1. The molecule has 1 aromatic carbocycles. The summed E-state index contributed by atoms with van der Waals surface area (Å²) in [5, 5.41) is 0. The van der Waals surface area contributed by atoms with Crippen LogP contribution in [0, 0.1) is 0 Å². The molecule has 0 aliphatic heterocycles. The second-order valence-corrected chi connectivity index (χ2v) is 8.95. The average molecular weight is 207 g/mol. The molecule has 0 heterocycles. The van der Waals surface area contributed by atoms with Crippen molar-refractivity contribution in [3.63, 3.8) is 0 Å². The van der Waals surface area contributed by atoms with Crippen LogP contribution in [0.25, 0.3) is 0 Å². The van der Waals surface area contributed by atoms with E-state index >= 15 is 0 Å². The van der Waals surface area contributed by atoms with E-state index < -0.39 is 6.94 Å². The molecule has 0 aromatic heterocycles. The fourth-order valence-electron chi connectivity index (χ4n) is 0.695. The predicted molar refractivity (Wildman–Crippen MR) is 50.4 cm³/mol. The highest BCUT2D eigenvalue weighted by molar-refractivity contribution is 7.42. The van der Waals surface area contributed by atoms with Crippen LogP contribution in [0.1, 0.15) is 0 Å². The van der Waals surface area contributed by atoms with E-state index in [0.717, 1.165) is 5.75 Å². The Hall–Kier alpha value is -0.183. The van der Waals surface area contributed by atoms with Crippen molar-refractivity contribution in [2.45, 2.75) is 6.55 Å². The minimum Gasteiger partial charge on any atom is -0.518 e. The van der Waals surface area contributed by atoms with Gasteiger partial charge in [-0.2, -0.15) is 0 Å². The fourth-order valence-corrected chi connectivity index (χ4v) is 1.78. The Morgan fingerprint density at radius 1 is 1.18 bits per heavy atom. The normalized spacial score (nSPS) is 11.2. The van der Waals surface area contributed by atoms with Gasteiger partial charge in [0.25, 0.3) is 0 Å². The lowest BCUT2D eigenvalue weighted by atomic mass is 10.3. The van der Waals surface area contributed by atoms with Gasteiger partial charge in [-0.15, -0.1) is 22.2 Å². The quantitative estimate of drug-likeness (QED) is 0.534. The molecule has 0 amide bonds. The molecule has 1 aromatic rings. The maximum Gasteiger partial charge on any atom is 0.446 e. The summed E-state index contributed by atoms with van der Waals surface area (Å²) < 4.78 is 5.27. The van der Waals surface area contributed by atoms with Gasteiger partial charge in [-0.3, -0.25) is 0 Å². The Balaban J connectivity index is 2.66. The van der Waals surface area contributed by atoms with Crippen molar-refractivity contribution in [3.8, 4) is 5.75 Å². The zero-order chi connectivity index (χ0) is 8.32. The summed E-state index contributed by atoms with van der Waals surface area (Å²) in [6.07, 6.45) is 0. The second kappa shape index (κ2) is 3.48. The Labute approximate surface area is 76.4 Å². The van der Waals surface area contributed by atoms with Crippen molar-refractivity contribution in [1.29, 1.82) is 0 Å². The van der Waals surface area contributed by atoms with Gasteiger partial charge >= 0.3 is 6.94 Å². The first-order chi connectivity index (χ1) is 5.08. The number of rotatable bonds is 2. The third kappa shape index (κ3) is 3.65. The third-order valence-electron chi connectivity index (χ3n) is 1.04. The molecule has 0 unspecified atom stereocenters. The summed E-state index contributed by atoms with van der Waals surface area (Å²) in [5.74, 6) is 0.728. The molecule has 0 aliphatic carbocycles. The molecule has 11 heavy (non-hydrogen) atoms. The summed E-state index contributed by atoms with van der Waals surface area (Å²) in [6.45, 7) is -0.742. The first-order valence-electron chi connectivity index (χ1n) is 3.20. The minimum atomic E-state index is -2.45. The molecule has 0 atom stereocenters. The summed E-state index contributed by atoms with van der Waals surface area (Å²) in [7, 11) is 0. The Morgan fingerprint density at radius 2 is 1.73 bits per heavy atom. The van der Waals surface area contributed by atoms with Gasteiger partial charge in [-0.05, 0) is 18.7 Å². The van der Waals surface area contributed by atoms with E-state index in [2.05, 4.69) is 0 Å². The molecule has 0 saturated carbocycles. The molecule has 0 spiro atoms. The smallest absolute Gasteiger partial charge is 0.446 e. The van der Waals surface area contributed by atoms with Crippen LogP contribution in [0.4, 0.5) is 0 Å². The maximum atomic E-state index is 5.75. The van der Waals surface area contributed by atoms with Crippen LogP contribution in [-0.4, -0.2) is 6.94 Å². The van der Waals surface area contributed by atoms with Crippen LogP contribution < -0.4 is 4.43 Å². The molecule has 1 rings (SSSR count). The van der Waals surface area contributed by atoms with E-state index in [4.69, 9.17) is 26.6 Å². The molecular formula is C7H8Cl2OSi. The van der Waals surface area contributed by atoms with Gasteiger partial charge in [0.2, 0.25) is 0 Å². The first kappa shape index (κ1) is 8.91. The molecule has 0 bridgehead atoms. The molecule has 60 valence electrons. The van der Waals surface area contributed by atoms with E-state index in [9.17, 15) is 0 Å². The Bertz CT molecular complexity index is 220. The van der Waals surface area contributed by atoms with Gasteiger partial charge in [-0.1, -0.05) is 18.2 Å². The Morgan fingerprint density at radius 3 is 2.18 bits per heavy atom. The van der Waals surface area contributed by atoms with Crippen LogP contribution in [0.15, 0.2) is 30.3 Å². The van der Waals surface area contributed by atoms with Gasteiger partial charge in [0, 0.05) is 0 Å². The highest BCUT2D eigenvalue weighted by Crippen LogP contribution is 2.20. The van der Waals surface area contributed by atoms with Gasteiger partial charge in [-0.25, -0.2) is 0 Å². The fraction of sp³-hybridized carbons (Fsp3) is 0.143. The highest BCUT2D eigenvalue weighted by Gasteiger charge is 2.24. The standard InChI is InChI=1S/C7H8Cl2OSi/c1-11(8,9)10-7-5-3-2-4-6-7/h2-6H,1H3. The number of hydrogen-bond acceptors (Lipinski definition) is 1. The molecular weight excluding hydrogens is 199 g/mol. The van der Waals surface area contributed by atoms with E-state index in [1.54, 1.807) is 6.55 Å². The number of hydrogen-bond donors (Lipinski definition) is 0. The van der Waals surface area contributed by atoms with Gasteiger partial charge in [0.05, 0.1) is 0 Å². The maximum absolute atomic E-state index is 5.75. The zero-order valence-corrected chi connectivity index (χ0v) is 8.56. The lowest BCUT2D eigenvalue weighted by Gasteiger charge is -2.12. The summed E-state index contributed by atoms with van der Waals surface area (Å²) >= 11 is 11.5. The zero-order valence-electron chi connectivity index (χ0n) is 6.05. The summed E-state index contributed by atoms with van der Waals surface area (Å²) in [6, 6.07) is 9.33. The van der Waals surface area contributed by atoms with Crippen molar-refractivity contribution in [2.75, 3.05) is 0 Å². The molecule has 1 nitrogen and oxygen atoms in total. The number of benzene rings is 1. The van der Waals surface area contributed by atoms with E-state index in [1.165, 1.54) is 0 Å². The second-order valence-electron chi connectivity index (χ2n) is 2.22. The van der Waals surface area contributed by atoms with Crippen LogP contribution in [-0.2, 0) is 0 Å². The van der Waals surface area contributed by atoms with Crippen LogP contribution >= 0.6 is 22.2 Å². The summed E-state index contributed by atoms with van der Waals surface area (Å²) in [4.78, 5) is 0. The monoisotopic (exact) mass is 206 g/mol. The van der Waals surface area contributed by atoms with Crippen LogP contribution in [0.2, 0.25) is 6.55 Å². The van der Waals surface area contributed by atoms with Gasteiger partial charge < -0.3 is 4.43 Å². The molecule has 0 N–H and O–H groups in total. The number of para-hydroxylation sites is 1. The molecule has 0 aliphatic rings. The number of halogens is 2. The van der Waals surface area contributed by atoms with Gasteiger partial charge in [0.1, 0.15) is 5.75 Å². The molecule has 0 fully saturated rings. The van der Waals surface area contributed by atoms with E-state index in [-0.39, 0.29) is 0 Å². The lowest BCUT2D eigenvalue weighted by Crippen LogP contribution is -2.23. The van der Waals surface area contributed by atoms with Crippen molar-refractivity contribution >= 4 is 29.1 Å². The van der Waals surface area contributed by atoms with Crippen molar-refractivity contribution in [3.05, 3.63) is 30.3 Å². The largest absolute Gasteiger partial charge is 0.518 e. The van der Waals surface area contributed by atoms with E-state index in [0.29, 0.717) is 0 Å². The lowest BCUT2D eigenvalue weighted by molar-refractivity contribution is 0.585. The molecule has 0 radical (unpaired) electrons. The first-order valence-corrected chi connectivity index (χ1v) is 7.63. The Kier molecular flexibility index (Phi) is 2.82. The predicted octanol–water partition coefficient (Wildman–Crippen LogP) is 3.11. The summed E-state index contributed by atoms with van der Waals surface area (Å²) in [5.41, 5.74) is 0. The molecule has 4 heteroatoms. The molecule has 0 saturated heterocycles. The average Bonchev–Trinajstić information content (AvgIpc) is 1.85. The van der Waals surface area contributed by atoms with Crippen LogP contribution in [0.3, 0.4) is 0 Å². The van der Waals surface area contributed by atoms with E-state index in [1.807, 2.05) is 30.3 Å². The van der Waals surface area contributed by atoms with Crippen molar-refractivity contribution < 1.29 is 4.43 Å². The van der Waals surface area contributed by atoms with Crippen LogP contribution in [0.5, 0.6) is 5.75 Å². The highest BCUT2D eigenvalue weighted by atomic mass is 35.7. The third-order valence-corrected chi connectivity index (χ3v) is 2.10. The van der Waals surface area contributed by atoms with Crippen molar-refractivity contribution in [2.24, 2.45) is 0 Å². The minimum absolute atomic E-state index is 0.728. The van der Waals surface area contributed by atoms with Crippen molar-refractivity contribution in [1.82, 2.24) is 0 Å². The topological polar surface area (TPSA) is 9.23 Å².